The molecule has 1 rings (SSSR count). The summed E-state index contributed by atoms with van der Waals surface area (Å²) in [5.74, 6) is -0.405. The molecular formula is C12H16O4. The van der Waals surface area contributed by atoms with Crippen LogP contribution in [0.5, 0.6) is 5.75 Å². The molecule has 0 saturated heterocycles. The molecule has 2 N–H and O–H groups in total. The predicted molar refractivity (Wildman–Crippen MR) is 58.9 cm³/mol. The van der Waals surface area contributed by atoms with Gasteiger partial charge in [0.05, 0.1) is 18.6 Å². The van der Waals surface area contributed by atoms with Crippen LogP contribution in [0.25, 0.3) is 0 Å². The van der Waals surface area contributed by atoms with Crippen molar-refractivity contribution in [3.05, 3.63) is 29.8 Å². The Bertz CT molecular complexity index is 371. The van der Waals surface area contributed by atoms with E-state index in [1.54, 1.807) is 19.1 Å². The molecule has 0 bridgehead atoms. The fourth-order valence-corrected chi connectivity index (χ4v) is 1.44. The van der Waals surface area contributed by atoms with Gasteiger partial charge in [-0.2, -0.15) is 0 Å². The number of carbonyl (C=O) groups excluding carboxylic acids is 1. The third-order valence-electron chi connectivity index (χ3n) is 2.26. The van der Waals surface area contributed by atoms with Crippen molar-refractivity contribution in [1.29, 1.82) is 0 Å². The highest BCUT2D eigenvalue weighted by Crippen LogP contribution is 2.27. The van der Waals surface area contributed by atoms with Crippen molar-refractivity contribution in [1.82, 2.24) is 0 Å². The van der Waals surface area contributed by atoms with Crippen LogP contribution in [-0.2, 0) is 15.1 Å². The van der Waals surface area contributed by atoms with Gasteiger partial charge in [0.2, 0.25) is 0 Å². The highest BCUT2D eigenvalue weighted by atomic mass is 16.5. The second-order valence-corrected chi connectivity index (χ2v) is 3.81. The molecule has 1 atom stereocenters. The first kappa shape index (κ1) is 12.5. The fraction of sp³-hybridized carbons (Fsp3) is 0.417. The van der Waals surface area contributed by atoms with Crippen LogP contribution >= 0.6 is 0 Å². The molecule has 1 aromatic carbocycles. The highest BCUT2D eigenvalue weighted by molar-refractivity contribution is 5.71. The van der Waals surface area contributed by atoms with E-state index in [2.05, 4.69) is 0 Å². The summed E-state index contributed by atoms with van der Waals surface area (Å²) < 4.78 is 4.77. The van der Waals surface area contributed by atoms with Crippen LogP contribution in [0.15, 0.2) is 24.3 Å². The maximum atomic E-state index is 11.3. The molecule has 1 aromatic rings. The van der Waals surface area contributed by atoms with Crippen LogP contribution in [-0.4, -0.2) is 22.8 Å². The van der Waals surface area contributed by atoms with Gasteiger partial charge in [0.25, 0.3) is 0 Å². The second-order valence-electron chi connectivity index (χ2n) is 3.81. The van der Waals surface area contributed by atoms with Gasteiger partial charge >= 0.3 is 5.97 Å². The number of rotatable bonds is 4. The molecule has 0 aliphatic rings. The molecule has 0 aliphatic carbocycles. The van der Waals surface area contributed by atoms with Crippen molar-refractivity contribution in [3.8, 4) is 5.75 Å². The Morgan fingerprint density at radius 1 is 1.50 bits per heavy atom. The van der Waals surface area contributed by atoms with Crippen molar-refractivity contribution in [2.75, 3.05) is 6.61 Å². The van der Waals surface area contributed by atoms with Gasteiger partial charge in [0, 0.05) is 0 Å². The summed E-state index contributed by atoms with van der Waals surface area (Å²) in [4.78, 5) is 11.3. The molecule has 0 fully saturated rings. The topological polar surface area (TPSA) is 66.8 Å². The van der Waals surface area contributed by atoms with Crippen LogP contribution in [0.1, 0.15) is 25.8 Å². The monoisotopic (exact) mass is 224 g/mol. The zero-order valence-electron chi connectivity index (χ0n) is 9.43. The van der Waals surface area contributed by atoms with Gasteiger partial charge in [-0.25, -0.2) is 0 Å². The lowest BCUT2D eigenvalue weighted by Crippen LogP contribution is -2.26. The number of benzene rings is 1. The minimum Gasteiger partial charge on any atom is -0.508 e. The van der Waals surface area contributed by atoms with E-state index in [9.17, 15) is 15.0 Å². The predicted octanol–water partition coefficient (Wildman–Crippen LogP) is 1.55. The minimum atomic E-state index is -1.33. The summed E-state index contributed by atoms with van der Waals surface area (Å²) >= 11 is 0. The van der Waals surface area contributed by atoms with Crippen LogP contribution in [0.3, 0.4) is 0 Å². The average molecular weight is 224 g/mol. The van der Waals surface area contributed by atoms with Crippen LogP contribution < -0.4 is 0 Å². The van der Waals surface area contributed by atoms with Gasteiger partial charge in [-0.1, -0.05) is 12.1 Å². The number of aromatic hydroxyl groups is 1. The molecule has 0 spiro atoms. The number of hydrogen-bond acceptors (Lipinski definition) is 4. The lowest BCUT2D eigenvalue weighted by molar-refractivity contribution is -0.148. The van der Waals surface area contributed by atoms with Crippen molar-refractivity contribution in [2.45, 2.75) is 25.9 Å². The maximum absolute atomic E-state index is 11.3. The third kappa shape index (κ3) is 3.24. The third-order valence-corrected chi connectivity index (χ3v) is 2.26. The summed E-state index contributed by atoms with van der Waals surface area (Å²) in [6, 6.07) is 6.20. The number of carbonyl (C=O) groups is 1. The highest BCUT2D eigenvalue weighted by Gasteiger charge is 2.27. The molecule has 0 aliphatic heterocycles. The zero-order chi connectivity index (χ0) is 12.2. The number of phenols is 1. The lowest BCUT2D eigenvalue weighted by Gasteiger charge is -2.22. The Morgan fingerprint density at radius 3 is 2.75 bits per heavy atom. The van der Waals surface area contributed by atoms with Crippen LogP contribution in [0.4, 0.5) is 0 Å². The number of aliphatic hydroxyl groups is 1. The van der Waals surface area contributed by atoms with Gasteiger partial charge in [0.15, 0.2) is 0 Å². The Kier molecular flexibility index (Phi) is 3.90. The van der Waals surface area contributed by atoms with E-state index >= 15 is 0 Å². The summed E-state index contributed by atoms with van der Waals surface area (Å²) in [5.41, 5.74) is -0.842. The quantitative estimate of drug-likeness (QED) is 0.761. The van der Waals surface area contributed by atoms with Crippen molar-refractivity contribution in [2.24, 2.45) is 0 Å². The minimum absolute atomic E-state index is 0.0571. The van der Waals surface area contributed by atoms with E-state index in [1.165, 1.54) is 19.1 Å². The summed E-state index contributed by atoms with van der Waals surface area (Å²) in [5, 5.41) is 19.4. The number of hydrogen-bond donors (Lipinski definition) is 2. The molecule has 0 saturated carbocycles. The smallest absolute Gasteiger partial charge is 0.309 e. The first-order valence-electron chi connectivity index (χ1n) is 5.13. The molecule has 0 amide bonds. The Balaban J connectivity index is 2.81. The lowest BCUT2D eigenvalue weighted by atomic mass is 9.92. The van der Waals surface area contributed by atoms with E-state index in [1.807, 2.05) is 0 Å². The molecule has 0 radical (unpaired) electrons. The molecule has 0 heterocycles. The largest absolute Gasteiger partial charge is 0.508 e. The van der Waals surface area contributed by atoms with E-state index < -0.39 is 11.6 Å². The van der Waals surface area contributed by atoms with E-state index in [0.29, 0.717) is 5.56 Å². The standard InChI is InChI=1S/C12H16O4/c1-3-16-11(14)8-12(2,15)9-5-4-6-10(13)7-9/h4-7,13,15H,3,8H2,1-2H3/t12-/m1/s1. The number of ether oxygens (including phenoxy) is 1. The zero-order valence-corrected chi connectivity index (χ0v) is 9.43. The molecular weight excluding hydrogens is 208 g/mol. The molecule has 4 heteroatoms. The SMILES string of the molecule is CCOC(=O)C[C@@](C)(O)c1cccc(O)c1. The Labute approximate surface area is 94.5 Å². The summed E-state index contributed by atoms with van der Waals surface area (Å²) in [7, 11) is 0. The van der Waals surface area contributed by atoms with Crippen LogP contribution in [0, 0.1) is 0 Å². The van der Waals surface area contributed by atoms with Gasteiger partial charge in [-0.15, -0.1) is 0 Å². The van der Waals surface area contributed by atoms with E-state index in [4.69, 9.17) is 4.74 Å². The Morgan fingerprint density at radius 2 is 2.19 bits per heavy atom. The second kappa shape index (κ2) is 4.99. The van der Waals surface area contributed by atoms with Crippen LogP contribution in [0.2, 0.25) is 0 Å². The molecule has 16 heavy (non-hydrogen) atoms. The number of esters is 1. The van der Waals surface area contributed by atoms with Crippen molar-refractivity contribution in [3.63, 3.8) is 0 Å². The molecule has 0 unspecified atom stereocenters. The normalized spacial score (nSPS) is 14.2. The molecule has 88 valence electrons. The van der Waals surface area contributed by atoms with Gasteiger partial charge < -0.3 is 14.9 Å². The van der Waals surface area contributed by atoms with Crippen molar-refractivity contribution < 1.29 is 19.7 Å². The summed E-state index contributed by atoms with van der Waals surface area (Å²) in [6.45, 7) is 3.51. The molecule has 0 aromatic heterocycles. The van der Waals surface area contributed by atoms with E-state index in [-0.39, 0.29) is 18.8 Å². The van der Waals surface area contributed by atoms with Crippen molar-refractivity contribution >= 4 is 5.97 Å². The Hall–Kier alpha value is -1.55. The fourth-order valence-electron chi connectivity index (χ4n) is 1.44. The van der Waals surface area contributed by atoms with Gasteiger partial charge in [-0.3, -0.25) is 4.79 Å². The molecule has 4 nitrogen and oxygen atoms in total. The first-order chi connectivity index (χ1) is 7.45. The average Bonchev–Trinajstić information content (AvgIpc) is 2.17. The number of phenolic OH excluding ortho intramolecular Hbond substituents is 1. The van der Waals surface area contributed by atoms with Gasteiger partial charge in [-0.05, 0) is 31.5 Å². The first-order valence-corrected chi connectivity index (χ1v) is 5.13. The van der Waals surface area contributed by atoms with Gasteiger partial charge in [0.1, 0.15) is 5.75 Å². The maximum Gasteiger partial charge on any atom is 0.309 e. The summed E-state index contributed by atoms with van der Waals surface area (Å²) in [6.07, 6.45) is -0.135. The van der Waals surface area contributed by atoms with E-state index in [0.717, 1.165) is 0 Å².